The SMILES string of the molecule is CCCCN(C)C(=O)C1(C(=O)Nc2ccccc2C(F)(F)F)CC1. The lowest BCUT2D eigenvalue weighted by Gasteiger charge is -2.23. The van der Waals surface area contributed by atoms with Gasteiger partial charge in [0.25, 0.3) is 0 Å². The molecule has 0 aliphatic heterocycles. The highest BCUT2D eigenvalue weighted by Gasteiger charge is 2.57. The Morgan fingerprint density at radius 3 is 2.42 bits per heavy atom. The first-order valence-electron chi connectivity index (χ1n) is 7.95. The van der Waals surface area contributed by atoms with E-state index in [2.05, 4.69) is 5.32 Å². The van der Waals surface area contributed by atoms with E-state index >= 15 is 0 Å². The predicted molar refractivity (Wildman–Crippen MR) is 84.3 cm³/mol. The van der Waals surface area contributed by atoms with Crippen LogP contribution in [-0.4, -0.2) is 30.3 Å². The fourth-order valence-corrected chi connectivity index (χ4v) is 2.61. The van der Waals surface area contributed by atoms with Crippen molar-refractivity contribution in [2.45, 2.75) is 38.8 Å². The number of nitrogens with one attached hydrogen (secondary N) is 1. The molecule has 1 aromatic rings. The predicted octanol–water partition coefficient (Wildman–Crippen LogP) is 3.68. The summed E-state index contributed by atoms with van der Waals surface area (Å²) in [6, 6.07) is 4.78. The lowest BCUT2D eigenvalue weighted by Crippen LogP contribution is -2.41. The van der Waals surface area contributed by atoms with Crippen molar-refractivity contribution in [3.8, 4) is 0 Å². The zero-order valence-corrected chi connectivity index (χ0v) is 13.7. The third-order valence-electron chi connectivity index (χ3n) is 4.27. The zero-order valence-electron chi connectivity index (χ0n) is 13.7. The third-order valence-corrected chi connectivity index (χ3v) is 4.27. The van der Waals surface area contributed by atoms with Crippen molar-refractivity contribution in [2.75, 3.05) is 18.9 Å². The number of halogens is 3. The Kier molecular flexibility index (Phi) is 5.20. The van der Waals surface area contributed by atoms with E-state index in [-0.39, 0.29) is 11.6 Å². The van der Waals surface area contributed by atoms with Gasteiger partial charge in [0.05, 0.1) is 11.3 Å². The minimum absolute atomic E-state index is 0.315. The minimum atomic E-state index is -4.57. The molecule has 1 fully saturated rings. The lowest BCUT2D eigenvalue weighted by atomic mass is 10.0. The van der Waals surface area contributed by atoms with Gasteiger partial charge in [0.1, 0.15) is 5.41 Å². The number of alkyl halides is 3. The summed E-state index contributed by atoms with van der Waals surface area (Å²) in [7, 11) is 1.62. The standard InChI is InChI=1S/C17H21F3N2O2/c1-3-4-11-22(2)15(24)16(9-10-16)14(23)21-13-8-6-5-7-12(13)17(18,19)20/h5-8H,3-4,9-11H2,1-2H3,(H,21,23). The van der Waals surface area contributed by atoms with Crippen LogP contribution in [0.15, 0.2) is 24.3 Å². The molecule has 24 heavy (non-hydrogen) atoms. The van der Waals surface area contributed by atoms with Gasteiger partial charge in [-0.25, -0.2) is 0 Å². The van der Waals surface area contributed by atoms with Crippen molar-refractivity contribution in [1.29, 1.82) is 0 Å². The molecule has 0 heterocycles. The Hall–Kier alpha value is -2.05. The van der Waals surface area contributed by atoms with Crippen molar-refractivity contribution in [2.24, 2.45) is 5.41 Å². The summed E-state index contributed by atoms with van der Waals surface area (Å²) in [5.74, 6) is -0.981. The number of hydrogen-bond donors (Lipinski definition) is 1. The van der Waals surface area contributed by atoms with Crippen LogP contribution in [0.25, 0.3) is 0 Å². The van der Waals surface area contributed by atoms with Crippen molar-refractivity contribution >= 4 is 17.5 Å². The van der Waals surface area contributed by atoms with Crippen molar-refractivity contribution < 1.29 is 22.8 Å². The van der Waals surface area contributed by atoms with Crippen molar-refractivity contribution in [3.63, 3.8) is 0 Å². The molecule has 0 radical (unpaired) electrons. The van der Waals surface area contributed by atoms with Gasteiger partial charge in [0.2, 0.25) is 11.8 Å². The first-order chi connectivity index (χ1) is 11.2. The second-order valence-electron chi connectivity index (χ2n) is 6.16. The van der Waals surface area contributed by atoms with Crippen LogP contribution in [-0.2, 0) is 15.8 Å². The van der Waals surface area contributed by atoms with E-state index in [1.165, 1.54) is 23.1 Å². The molecule has 1 saturated carbocycles. The Bertz CT molecular complexity index is 625. The van der Waals surface area contributed by atoms with E-state index in [1.54, 1.807) is 7.05 Å². The summed E-state index contributed by atoms with van der Waals surface area (Å²) in [5, 5.41) is 2.31. The molecule has 2 amide bonds. The van der Waals surface area contributed by atoms with Gasteiger partial charge in [-0.3, -0.25) is 9.59 Å². The number of para-hydroxylation sites is 1. The largest absolute Gasteiger partial charge is 0.418 e. The number of nitrogens with zero attached hydrogens (tertiary/aromatic N) is 1. The first-order valence-corrected chi connectivity index (χ1v) is 7.95. The van der Waals surface area contributed by atoms with Gasteiger partial charge in [-0.2, -0.15) is 13.2 Å². The summed E-state index contributed by atoms with van der Waals surface area (Å²) in [6.07, 6.45) is -2.11. The van der Waals surface area contributed by atoms with Crippen LogP contribution in [0, 0.1) is 5.41 Å². The highest BCUT2D eigenvalue weighted by molar-refractivity contribution is 6.13. The molecule has 0 unspecified atom stereocenters. The average molecular weight is 342 g/mol. The van der Waals surface area contributed by atoms with Gasteiger partial charge >= 0.3 is 6.18 Å². The fraction of sp³-hybridized carbons (Fsp3) is 0.529. The number of hydrogen-bond acceptors (Lipinski definition) is 2. The molecular formula is C17H21F3N2O2. The maximum absolute atomic E-state index is 13.0. The normalized spacial score (nSPS) is 15.7. The van der Waals surface area contributed by atoms with Crippen LogP contribution in [0.1, 0.15) is 38.2 Å². The molecule has 0 bridgehead atoms. The molecule has 0 aromatic heterocycles. The Morgan fingerprint density at radius 1 is 1.25 bits per heavy atom. The number of carbonyl (C=O) groups excluding carboxylic acids is 2. The third kappa shape index (κ3) is 3.71. The molecule has 0 atom stereocenters. The van der Waals surface area contributed by atoms with E-state index in [0.29, 0.717) is 19.4 Å². The highest BCUT2D eigenvalue weighted by atomic mass is 19.4. The first kappa shape index (κ1) is 18.3. The number of anilines is 1. The lowest BCUT2D eigenvalue weighted by molar-refractivity contribution is -0.141. The van der Waals surface area contributed by atoms with Crippen LogP contribution < -0.4 is 5.32 Å². The van der Waals surface area contributed by atoms with Crippen LogP contribution in [0.4, 0.5) is 18.9 Å². The van der Waals surface area contributed by atoms with Crippen LogP contribution >= 0.6 is 0 Å². The molecule has 132 valence electrons. The van der Waals surface area contributed by atoms with E-state index in [0.717, 1.165) is 18.9 Å². The molecule has 1 aliphatic rings. The molecule has 0 spiro atoms. The van der Waals surface area contributed by atoms with Crippen molar-refractivity contribution in [1.82, 2.24) is 4.90 Å². The number of rotatable bonds is 6. The summed E-state index contributed by atoms with van der Waals surface area (Å²) in [4.78, 5) is 26.5. The van der Waals surface area contributed by atoms with Crippen LogP contribution in [0.3, 0.4) is 0 Å². The van der Waals surface area contributed by atoms with Gasteiger partial charge < -0.3 is 10.2 Å². The van der Waals surface area contributed by atoms with E-state index in [1.807, 2.05) is 6.92 Å². The van der Waals surface area contributed by atoms with Crippen molar-refractivity contribution in [3.05, 3.63) is 29.8 Å². The Labute approximate surface area is 139 Å². The van der Waals surface area contributed by atoms with Gasteiger partial charge in [-0.05, 0) is 31.4 Å². The topological polar surface area (TPSA) is 49.4 Å². The summed E-state index contributed by atoms with van der Waals surface area (Å²) in [6.45, 7) is 2.52. The van der Waals surface area contributed by atoms with Gasteiger partial charge in [-0.15, -0.1) is 0 Å². The smallest absolute Gasteiger partial charge is 0.345 e. The van der Waals surface area contributed by atoms with E-state index in [4.69, 9.17) is 0 Å². The maximum Gasteiger partial charge on any atom is 0.418 e. The Morgan fingerprint density at radius 2 is 1.88 bits per heavy atom. The molecule has 1 N–H and O–H groups in total. The monoisotopic (exact) mass is 342 g/mol. The number of amides is 2. The second kappa shape index (κ2) is 6.83. The number of carbonyl (C=O) groups is 2. The molecule has 1 aliphatic carbocycles. The van der Waals surface area contributed by atoms with E-state index < -0.39 is 23.1 Å². The number of benzene rings is 1. The highest BCUT2D eigenvalue weighted by Crippen LogP contribution is 2.48. The summed E-state index contributed by atoms with van der Waals surface area (Å²) >= 11 is 0. The van der Waals surface area contributed by atoms with Crippen LogP contribution in [0.5, 0.6) is 0 Å². The Balaban J connectivity index is 2.14. The van der Waals surface area contributed by atoms with Gasteiger partial charge in [0.15, 0.2) is 0 Å². The second-order valence-corrected chi connectivity index (χ2v) is 6.16. The molecule has 0 saturated heterocycles. The summed E-state index contributed by atoms with van der Waals surface area (Å²) in [5.41, 5.74) is -2.45. The molecule has 1 aromatic carbocycles. The van der Waals surface area contributed by atoms with Crippen LogP contribution in [0.2, 0.25) is 0 Å². The van der Waals surface area contributed by atoms with Gasteiger partial charge in [-0.1, -0.05) is 25.5 Å². The molecule has 7 heteroatoms. The maximum atomic E-state index is 13.0. The minimum Gasteiger partial charge on any atom is -0.345 e. The molecule has 2 rings (SSSR count). The number of unbranched alkanes of at least 4 members (excludes halogenated alkanes) is 1. The average Bonchev–Trinajstić information content (AvgIpc) is 3.33. The molecule has 4 nitrogen and oxygen atoms in total. The molecular weight excluding hydrogens is 321 g/mol. The quantitative estimate of drug-likeness (QED) is 0.802. The summed E-state index contributed by atoms with van der Waals surface area (Å²) < 4.78 is 39.0. The van der Waals surface area contributed by atoms with Gasteiger partial charge in [0, 0.05) is 13.6 Å². The zero-order chi connectivity index (χ0) is 18.0. The fourth-order valence-electron chi connectivity index (χ4n) is 2.61. The van der Waals surface area contributed by atoms with E-state index in [9.17, 15) is 22.8 Å².